The minimum atomic E-state index is -0.427. The van der Waals surface area contributed by atoms with Crippen LogP contribution < -0.4 is 10.6 Å². The third-order valence-corrected chi connectivity index (χ3v) is 5.59. The number of unbranched alkanes of at least 4 members (excludes halogenated alkanes) is 2. The summed E-state index contributed by atoms with van der Waals surface area (Å²) >= 11 is 0. The van der Waals surface area contributed by atoms with E-state index in [0.717, 1.165) is 65.2 Å². The van der Waals surface area contributed by atoms with Crippen LogP contribution in [0.4, 0.5) is 4.79 Å². The van der Waals surface area contributed by atoms with Gasteiger partial charge < -0.3 is 20.3 Å². The van der Waals surface area contributed by atoms with Crippen LogP contribution in [0.5, 0.6) is 0 Å². The summed E-state index contributed by atoms with van der Waals surface area (Å²) in [7, 11) is 0. The predicted molar refractivity (Wildman–Crippen MR) is 117 cm³/mol. The first-order valence-corrected chi connectivity index (χ1v) is 11.1. The van der Waals surface area contributed by atoms with Crippen LogP contribution in [0.3, 0.4) is 0 Å². The molecule has 0 radical (unpaired) electrons. The molecule has 3 rings (SSSR count). The Kier molecular flexibility index (Phi) is 7.92. The summed E-state index contributed by atoms with van der Waals surface area (Å²) in [5.41, 5.74) is 3.95. The van der Waals surface area contributed by atoms with E-state index in [4.69, 9.17) is 4.74 Å². The molecule has 0 spiro atoms. The van der Waals surface area contributed by atoms with Gasteiger partial charge in [0.15, 0.2) is 0 Å². The SMILES string of the molecule is CC(C)(C)OC(=O)NCCCCCN1CCN(Cc2ccc3c(c2)CNC3)CC1. The number of nitrogens with one attached hydrogen (secondary N) is 2. The minimum Gasteiger partial charge on any atom is -0.444 e. The predicted octanol–water partition coefficient (Wildman–Crippen LogP) is 3.10. The lowest BCUT2D eigenvalue weighted by molar-refractivity contribution is 0.0526. The lowest BCUT2D eigenvalue weighted by Gasteiger charge is -2.34. The van der Waals surface area contributed by atoms with Gasteiger partial charge in [0, 0.05) is 52.4 Å². The van der Waals surface area contributed by atoms with E-state index in [1.54, 1.807) is 0 Å². The van der Waals surface area contributed by atoms with Crippen molar-refractivity contribution in [1.82, 2.24) is 20.4 Å². The Morgan fingerprint density at radius 3 is 2.52 bits per heavy atom. The molecule has 0 atom stereocenters. The van der Waals surface area contributed by atoms with E-state index in [2.05, 4.69) is 38.6 Å². The number of alkyl carbamates (subject to hydrolysis) is 1. The standard InChI is InChI=1S/C23H38N4O2/c1-23(2,3)29-22(28)25-9-5-4-6-10-26-11-13-27(14-12-26)18-19-7-8-20-16-24-17-21(20)15-19/h7-8,15,24H,4-6,9-14,16-18H2,1-3H3,(H,25,28). The summed E-state index contributed by atoms with van der Waals surface area (Å²) in [5, 5.41) is 6.26. The lowest BCUT2D eigenvalue weighted by Crippen LogP contribution is -2.46. The molecule has 162 valence electrons. The van der Waals surface area contributed by atoms with E-state index in [9.17, 15) is 4.79 Å². The molecule has 1 aromatic carbocycles. The summed E-state index contributed by atoms with van der Waals surface area (Å²) in [6, 6.07) is 6.97. The number of benzene rings is 1. The molecule has 2 aliphatic rings. The van der Waals surface area contributed by atoms with Gasteiger partial charge in [-0.05, 0) is 56.8 Å². The molecule has 6 nitrogen and oxygen atoms in total. The fraction of sp³-hybridized carbons (Fsp3) is 0.696. The number of carbonyl (C=O) groups is 1. The number of fused-ring (bicyclic) bond motifs is 1. The Labute approximate surface area is 176 Å². The van der Waals surface area contributed by atoms with Gasteiger partial charge in [-0.2, -0.15) is 0 Å². The largest absolute Gasteiger partial charge is 0.444 e. The summed E-state index contributed by atoms with van der Waals surface area (Å²) in [6.07, 6.45) is 3.02. The molecule has 1 saturated heterocycles. The van der Waals surface area contributed by atoms with Gasteiger partial charge in [0.25, 0.3) is 0 Å². The van der Waals surface area contributed by atoms with Gasteiger partial charge in [0.1, 0.15) is 5.60 Å². The third kappa shape index (κ3) is 7.61. The molecule has 0 unspecified atom stereocenters. The number of hydrogen-bond acceptors (Lipinski definition) is 5. The zero-order valence-corrected chi connectivity index (χ0v) is 18.4. The van der Waals surface area contributed by atoms with Crippen molar-refractivity contribution in [3.63, 3.8) is 0 Å². The number of piperazine rings is 1. The summed E-state index contributed by atoms with van der Waals surface area (Å²) in [5.74, 6) is 0. The highest BCUT2D eigenvalue weighted by molar-refractivity contribution is 5.67. The first-order chi connectivity index (χ1) is 13.9. The molecule has 0 bridgehead atoms. The molecular formula is C23H38N4O2. The molecule has 2 aliphatic heterocycles. The number of rotatable bonds is 8. The molecule has 2 heterocycles. The zero-order chi connectivity index (χ0) is 20.7. The second kappa shape index (κ2) is 10.4. The van der Waals surface area contributed by atoms with E-state index < -0.39 is 5.60 Å². The van der Waals surface area contributed by atoms with Gasteiger partial charge in [-0.3, -0.25) is 4.90 Å². The van der Waals surface area contributed by atoms with Gasteiger partial charge in [-0.25, -0.2) is 4.79 Å². The highest BCUT2D eigenvalue weighted by Gasteiger charge is 2.18. The van der Waals surface area contributed by atoms with E-state index in [0.29, 0.717) is 6.54 Å². The summed E-state index contributed by atoms with van der Waals surface area (Å²) < 4.78 is 5.25. The van der Waals surface area contributed by atoms with Crippen LogP contribution in [-0.2, 0) is 24.4 Å². The topological polar surface area (TPSA) is 56.8 Å². The van der Waals surface area contributed by atoms with E-state index >= 15 is 0 Å². The van der Waals surface area contributed by atoms with Gasteiger partial charge in [-0.15, -0.1) is 0 Å². The number of carbonyl (C=O) groups excluding carboxylic acids is 1. The highest BCUT2D eigenvalue weighted by Crippen LogP contribution is 2.18. The van der Waals surface area contributed by atoms with Crippen LogP contribution in [0.2, 0.25) is 0 Å². The second-order valence-electron chi connectivity index (χ2n) is 9.31. The van der Waals surface area contributed by atoms with Gasteiger partial charge in [0.2, 0.25) is 0 Å². The molecule has 1 aromatic rings. The van der Waals surface area contributed by atoms with Crippen LogP contribution >= 0.6 is 0 Å². The Balaban J connectivity index is 1.24. The van der Waals surface area contributed by atoms with Crippen LogP contribution in [0.25, 0.3) is 0 Å². The lowest BCUT2D eigenvalue weighted by atomic mass is 10.1. The molecule has 1 amide bonds. The average molecular weight is 403 g/mol. The monoisotopic (exact) mass is 402 g/mol. The number of ether oxygens (including phenoxy) is 1. The van der Waals surface area contributed by atoms with Crippen molar-refractivity contribution in [2.24, 2.45) is 0 Å². The van der Waals surface area contributed by atoms with Gasteiger partial charge >= 0.3 is 6.09 Å². The Hall–Kier alpha value is -1.63. The second-order valence-corrected chi connectivity index (χ2v) is 9.31. The van der Waals surface area contributed by atoms with Crippen molar-refractivity contribution in [1.29, 1.82) is 0 Å². The number of nitrogens with zero attached hydrogens (tertiary/aromatic N) is 2. The van der Waals surface area contributed by atoms with E-state index in [-0.39, 0.29) is 6.09 Å². The Bertz CT molecular complexity index is 663. The van der Waals surface area contributed by atoms with Crippen molar-refractivity contribution in [3.8, 4) is 0 Å². The summed E-state index contributed by atoms with van der Waals surface area (Å²) in [6.45, 7) is 15.2. The Morgan fingerprint density at radius 1 is 1.03 bits per heavy atom. The van der Waals surface area contributed by atoms with E-state index in [1.807, 2.05) is 20.8 Å². The van der Waals surface area contributed by atoms with Crippen LogP contribution in [0.1, 0.15) is 56.7 Å². The molecule has 2 N–H and O–H groups in total. The first kappa shape index (κ1) is 22.1. The normalized spacial score (nSPS) is 17.9. The van der Waals surface area contributed by atoms with Crippen molar-refractivity contribution in [3.05, 3.63) is 34.9 Å². The minimum absolute atomic E-state index is 0.312. The maximum absolute atomic E-state index is 11.6. The quantitative estimate of drug-likeness (QED) is 0.655. The molecular weight excluding hydrogens is 364 g/mol. The maximum Gasteiger partial charge on any atom is 0.407 e. The van der Waals surface area contributed by atoms with Crippen molar-refractivity contribution >= 4 is 6.09 Å². The zero-order valence-electron chi connectivity index (χ0n) is 18.4. The molecule has 29 heavy (non-hydrogen) atoms. The molecule has 0 saturated carbocycles. The average Bonchev–Trinajstić information content (AvgIpc) is 3.12. The van der Waals surface area contributed by atoms with Crippen molar-refractivity contribution < 1.29 is 9.53 Å². The van der Waals surface area contributed by atoms with Crippen LogP contribution in [-0.4, -0.2) is 60.8 Å². The van der Waals surface area contributed by atoms with Crippen LogP contribution in [0.15, 0.2) is 18.2 Å². The van der Waals surface area contributed by atoms with Gasteiger partial charge in [-0.1, -0.05) is 24.6 Å². The molecule has 0 aromatic heterocycles. The molecule has 1 fully saturated rings. The third-order valence-electron chi connectivity index (χ3n) is 5.59. The first-order valence-electron chi connectivity index (χ1n) is 11.1. The van der Waals surface area contributed by atoms with Crippen LogP contribution in [0, 0.1) is 0 Å². The molecule has 0 aliphatic carbocycles. The summed E-state index contributed by atoms with van der Waals surface area (Å²) in [4.78, 5) is 16.8. The Morgan fingerprint density at radius 2 is 1.76 bits per heavy atom. The number of amides is 1. The van der Waals surface area contributed by atoms with E-state index in [1.165, 1.54) is 23.1 Å². The fourth-order valence-corrected chi connectivity index (χ4v) is 4.02. The fourth-order valence-electron chi connectivity index (χ4n) is 4.02. The maximum atomic E-state index is 11.6. The van der Waals surface area contributed by atoms with Crippen molar-refractivity contribution in [2.45, 2.75) is 65.3 Å². The molecule has 6 heteroatoms. The smallest absolute Gasteiger partial charge is 0.407 e. The van der Waals surface area contributed by atoms with Gasteiger partial charge in [0.05, 0.1) is 0 Å². The number of hydrogen-bond donors (Lipinski definition) is 2. The van der Waals surface area contributed by atoms with Crippen molar-refractivity contribution in [2.75, 3.05) is 39.3 Å². The highest BCUT2D eigenvalue weighted by atomic mass is 16.6.